The summed E-state index contributed by atoms with van der Waals surface area (Å²) >= 11 is 0. The summed E-state index contributed by atoms with van der Waals surface area (Å²) in [5.41, 5.74) is 5.89. The molecule has 0 saturated heterocycles. The number of nitrogen functional groups attached to an aromatic ring is 1. The Labute approximate surface area is 132 Å². The van der Waals surface area contributed by atoms with Crippen LogP contribution in [0, 0.1) is 0 Å². The van der Waals surface area contributed by atoms with Crippen molar-refractivity contribution in [1.29, 1.82) is 0 Å². The molecule has 9 heteroatoms. The summed E-state index contributed by atoms with van der Waals surface area (Å²) in [4.78, 5) is 26.9. The quantitative estimate of drug-likeness (QED) is 0.578. The SMILES string of the molecule is COC(=O)c1nc(N)nn1COCCOC(=O)c1ccccc1. The van der Waals surface area contributed by atoms with Crippen LogP contribution in [-0.4, -0.2) is 47.0 Å². The molecule has 0 bridgehead atoms. The van der Waals surface area contributed by atoms with Gasteiger partial charge in [0, 0.05) is 0 Å². The van der Waals surface area contributed by atoms with Gasteiger partial charge in [0.2, 0.25) is 11.8 Å². The van der Waals surface area contributed by atoms with Crippen molar-refractivity contribution in [3.63, 3.8) is 0 Å². The third kappa shape index (κ3) is 4.51. The maximum absolute atomic E-state index is 11.7. The molecule has 2 aromatic rings. The molecule has 0 spiro atoms. The van der Waals surface area contributed by atoms with Gasteiger partial charge in [-0.05, 0) is 12.1 Å². The third-order valence-electron chi connectivity index (χ3n) is 2.74. The van der Waals surface area contributed by atoms with Crippen molar-refractivity contribution in [2.75, 3.05) is 26.1 Å². The first-order valence-electron chi connectivity index (χ1n) is 6.70. The first-order valence-corrected chi connectivity index (χ1v) is 6.70. The van der Waals surface area contributed by atoms with Gasteiger partial charge in [-0.2, -0.15) is 4.98 Å². The van der Waals surface area contributed by atoms with E-state index < -0.39 is 11.9 Å². The second-order valence-electron chi connectivity index (χ2n) is 4.32. The lowest BCUT2D eigenvalue weighted by atomic mass is 10.2. The number of rotatable bonds is 7. The highest BCUT2D eigenvalue weighted by molar-refractivity contribution is 5.89. The molecule has 1 aromatic carbocycles. The smallest absolute Gasteiger partial charge is 0.375 e. The lowest BCUT2D eigenvalue weighted by Crippen LogP contribution is -2.17. The van der Waals surface area contributed by atoms with Gasteiger partial charge in [-0.3, -0.25) is 0 Å². The van der Waals surface area contributed by atoms with Gasteiger partial charge in [-0.1, -0.05) is 18.2 Å². The number of esters is 2. The molecule has 2 rings (SSSR count). The number of aromatic nitrogens is 3. The lowest BCUT2D eigenvalue weighted by Gasteiger charge is -2.07. The average Bonchev–Trinajstić information content (AvgIpc) is 2.95. The molecule has 0 amide bonds. The number of hydrogen-bond donors (Lipinski definition) is 1. The van der Waals surface area contributed by atoms with Crippen LogP contribution < -0.4 is 5.73 Å². The molecule has 23 heavy (non-hydrogen) atoms. The molecule has 0 saturated carbocycles. The predicted octanol–water partition coefficient (Wildman–Crippen LogP) is 0.478. The minimum absolute atomic E-state index is 0.0610. The summed E-state index contributed by atoms with van der Waals surface area (Å²) in [5, 5.41) is 3.81. The number of nitrogens with two attached hydrogens (primary N) is 1. The molecule has 122 valence electrons. The molecule has 0 aliphatic rings. The third-order valence-corrected chi connectivity index (χ3v) is 2.74. The first-order chi connectivity index (χ1) is 11.1. The molecule has 2 N–H and O–H groups in total. The molecule has 0 radical (unpaired) electrons. The molecule has 1 heterocycles. The van der Waals surface area contributed by atoms with Crippen molar-refractivity contribution >= 4 is 17.9 Å². The largest absolute Gasteiger partial charge is 0.463 e. The van der Waals surface area contributed by atoms with Crippen molar-refractivity contribution < 1.29 is 23.8 Å². The highest BCUT2D eigenvalue weighted by Gasteiger charge is 2.16. The summed E-state index contributed by atoms with van der Waals surface area (Å²) in [5.74, 6) is -1.24. The summed E-state index contributed by atoms with van der Waals surface area (Å²) in [6.45, 7) is 0.113. The fraction of sp³-hybridized carbons (Fsp3) is 0.286. The van der Waals surface area contributed by atoms with Crippen molar-refractivity contribution in [2.24, 2.45) is 0 Å². The number of ether oxygens (including phenoxy) is 3. The van der Waals surface area contributed by atoms with E-state index >= 15 is 0 Å². The van der Waals surface area contributed by atoms with Gasteiger partial charge in [0.05, 0.1) is 19.3 Å². The average molecular weight is 320 g/mol. The summed E-state index contributed by atoms with van der Waals surface area (Å²) in [6, 6.07) is 8.61. The number of methoxy groups -OCH3 is 1. The van der Waals surface area contributed by atoms with Crippen LogP contribution in [-0.2, 0) is 20.9 Å². The zero-order valence-corrected chi connectivity index (χ0v) is 12.5. The van der Waals surface area contributed by atoms with E-state index in [1.807, 2.05) is 6.07 Å². The number of carbonyl (C=O) groups excluding carboxylic acids is 2. The highest BCUT2D eigenvalue weighted by atomic mass is 16.6. The number of anilines is 1. The predicted molar refractivity (Wildman–Crippen MR) is 78.5 cm³/mol. The number of nitrogens with zero attached hydrogens (tertiary/aromatic N) is 3. The number of carbonyl (C=O) groups is 2. The second kappa shape index (κ2) is 7.90. The van der Waals surface area contributed by atoms with Crippen LogP contribution in [0.5, 0.6) is 0 Å². The Morgan fingerprint density at radius 3 is 2.61 bits per heavy atom. The maximum atomic E-state index is 11.7. The van der Waals surface area contributed by atoms with Crippen LogP contribution in [0.15, 0.2) is 30.3 Å². The maximum Gasteiger partial charge on any atom is 0.375 e. The molecule has 9 nitrogen and oxygen atoms in total. The van der Waals surface area contributed by atoms with Crippen molar-refractivity contribution in [3.05, 3.63) is 41.7 Å². The lowest BCUT2D eigenvalue weighted by molar-refractivity contribution is 0.0129. The van der Waals surface area contributed by atoms with E-state index in [0.29, 0.717) is 5.56 Å². The topological polar surface area (TPSA) is 119 Å². The Kier molecular flexibility index (Phi) is 5.64. The second-order valence-corrected chi connectivity index (χ2v) is 4.32. The van der Waals surface area contributed by atoms with E-state index in [1.54, 1.807) is 24.3 Å². The van der Waals surface area contributed by atoms with Gasteiger partial charge in [-0.25, -0.2) is 14.3 Å². The van der Waals surface area contributed by atoms with E-state index in [4.69, 9.17) is 15.2 Å². The molecule has 0 aliphatic heterocycles. The van der Waals surface area contributed by atoms with E-state index in [-0.39, 0.29) is 31.7 Å². The van der Waals surface area contributed by atoms with Crippen LogP contribution >= 0.6 is 0 Å². The molecular formula is C14H16N4O5. The van der Waals surface area contributed by atoms with Crippen LogP contribution in [0.2, 0.25) is 0 Å². The Bertz CT molecular complexity index is 671. The Morgan fingerprint density at radius 1 is 1.17 bits per heavy atom. The molecule has 0 atom stereocenters. The normalized spacial score (nSPS) is 10.3. The summed E-state index contributed by atoms with van der Waals surface area (Å²) in [7, 11) is 1.22. The van der Waals surface area contributed by atoms with Crippen molar-refractivity contribution in [1.82, 2.24) is 14.8 Å². The van der Waals surface area contributed by atoms with Gasteiger partial charge in [0.25, 0.3) is 0 Å². The van der Waals surface area contributed by atoms with Crippen LogP contribution in [0.1, 0.15) is 21.0 Å². The number of hydrogen-bond acceptors (Lipinski definition) is 8. The Balaban J connectivity index is 1.76. The Morgan fingerprint density at radius 2 is 1.91 bits per heavy atom. The Hall–Kier alpha value is -2.94. The van der Waals surface area contributed by atoms with E-state index in [1.165, 1.54) is 11.8 Å². The minimum Gasteiger partial charge on any atom is -0.463 e. The van der Waals surface area contributed by atoms with Gasteiger partial charge in [-0.15, -0.1) is 5.10 Å². The van der Waals surface area contributed by atoms with Gasteiger partial charge >= 0.3 is 11.9 Å². The summed E-state index contributed by atoms with van der Waals surface area (Å²) in [6.07, 6.45) is 0. The molecule has 0 unspecified atom stereocenters. The molecular weight excluding hydrogens is 304 g/mol. The summed E-state index contributed by atoms with van der Waals surface area (Å²) < 4.78 is 16.0. The van der Waals surface area contributed by atoms with Crippen LogP contribution in [0.4, 0.5) is 5.95 Å². The van der Waals surface area contributed by atoms with Crippen LogP contribution in [0.3, 0.4) is 0 Å². The van der Waals surface area contributed by atoms with Gasteiger partial charge in [0.15, 0.2) is 0 Å². The van der Waals surface area contributed by atoms with E-state index in [9.17, 15) is 9.59 Å². The van der Waals surface area contributed by atoms with E-state index in [2.05, 4.69) is 14.8 Å². The standard InChI is InChI=1S/C14H16N4O5/c1-21-13(20)11-16-14(15)17-18(11)9-22-7-8-23-12(19)10-5-3-2-4-6-10/h2-6H,7-9H2,1H3,(H2,15,17). The molecule has 1 aromatic heterocycles. The van der Waals surface area contributed by atoms with E-state index in [0.717, 1.165) is 0 Å². The molecule has 0 aliphatic carbocycles. The monoisotopic (exact) mass is 320 g/mol. The highest BCUT2D eigenvalue weighted by Crippen LogP contribution is 2.03. The van der Waals surface area contributed by atoms with Crippen molar-refractivity contribution in [2.45, 2.75) is 6.73 Å². The fourth-order valence-corrected chi connectivity index (χ4v) is 1.69. The minimum atomic E-state index is -0.673. The van der Waals surface area contributed by atoms with Gasteiger partial charge < -0.3 is 19.9 Å². The zero-order chi connectivity index (χ0) is 16.7. The van der Waals surface area contributed by atoms with Crippen molar-refractivity contribution in [3.8, 4) is 0 Å². The fourth-order valence-electron chi connectivity index (χ4n) is 1.69. The zero-order valence-electron chi connectivity index (χ0n) is 12.5. The van der Waals surface area contributed by atoms with Gasteiger partial charge in [0.1, 0.15) is 13.3 Å². The first kappa shape index (κ1) is 16.4. The van der Waals surface area contributed by atoms with Crippen LogP contribution in [0.25, 0.3) is 0 Å². The molecule has 0 fully saturated rings. The number of benzene rings is 1.